The van der Waals surface area contributed by atoms with Gasteiger partial charge < -0.3 is 10.4 Å². The van der Waals surface area contributed by atoms with E-state index < -0.39 is 20.9 Å². The van der Waals surface area contributed by atoms with E-state index in [1.54, 1.807) is 12.1 Å². The summed E-state index contributed by atoms with van der Waals surface area (Å²) < 4.78 is 31.4. The van der Waals surface area contributed by atoms with Crippen LogP contribution in [-0.4, -0.2) is 24.0 Å². The zero-order chi connectivity index (χ0) is 14.9. The molecule has 2 rings (SSSR count). The normalized spacial score (nSPS) is 11.2. The van der Waals surface area contributed by atoms with Crippen molar-refractivity contribution in [1.82, 2.24) is 0 Å². The van der Waals surface area contributed by atoms with Crippen molar-refractivity contribution in [2.75, 3.05) is 5.32 Å². The molecule has 0 spiro atoms. The van der Waals surface area contributed by atoms with Gasteiger partial charge in [0.25, 0.3) is 10.1 Å². The van der Waals surface area contributed by atoms with Crippen molar-refractivity contribution in [3.8, 4) is 5.75 Å². The molecule has 2 aromatic carbocycles. The van der Waals surface area contributed by atoms with Crippen LogP contribution in [0.2, 0.25) is 0 Å². The first-order chi connectivity index (χ1) is 9.32. The third-order valence-corrected chi connectivity index (χ3v) is 3.52. The number of aromatic hydroxyl groups is 1. The van der Waals surface area contributed by atoms with Gasteiger partial charge in [0.1, 0.15) is 5.75 Å². The highest BCUT2D eigenvalue weighted by molar-refractivity contribution is 7.85. The van der Waals surface area contributed by atoms with Crippen molar-refractivity contribution in [2.45, 2.75) is 4.90 Å². The number of carbonyl (C=O) groups excluding carboxylic acids is 1. The van der Waals surface area contributed by atoms with Crippen LogP contribution < -0.4 is 5.32 Å². The van der Waals surface area contributed by atoms with E-state index in [0.717, 1.165) is 12.1 Å². The predicted octanol–water partition coefficient (Wildman–Crippen LogP) is 1.92. The highest BCUT2D eigenvalue weighted by Gasteiger charge is 2.15. The fraction of sp³-hybridized carbons (Fsp3) is 0. The first-order valence-electron chi connectivity index (χ1n) is 5.49. The molecule has 2 aromatic rings. The summed E-state index contributed by atoms with van der Waals surface area (Å²) in [6, 6.07) is 6.80. The largest absolute Gasteiger partial charge is 0.507 e. The maximum absolute atomic E-state index is 11.3. The summed E-state index contributed by atoms with van der Waals surface area (Å²) in [6.07, 6.45) is 1.06. The van der Waals surface area contributed by atoms with Gasteiger partial charge in [-0.2, -0.15) is 8.42 Å². The molecule has 3 N–H and O–H groups in total. The lowest BCUT2D eigenvalue weighted by atomic mass is 10.1. The quantitative estimate of drug-likeness (QED) is 0.592. The molecular weight excluding hydrogens is 282 g/mol. The van der Waals surface area contributed by atoms with Crippen LogP contribution in [0.4, 0.5) is 5.69 Å². The molecule has 0 fully saturated rings. The number of rotatable bonds is 3. The summed E-state index contributed by atoms with van der Waals surface area (Å²) in [6.45, 7) is 3.31. The van der Waals surface area contributed by atoms with Gasteiger partial charge in [-0.25, -0.2) is 0 Å². The van der Waals surface area contributed by atoms with Crippen LogP contribution in [0.25, 0.3) is 10.8 Å². The van der Waals surface area contributed by atoms with Crippen LogP contribution >= 0.6 is 0 Å². The molecule has 0 aromatic heterocycles. The van der Waals surface area contributed by atoms with Crippen LogP contribution in [0.3, 0.4) is 0 Å². The average Bonchev–Trinajstić information content (AvgIpc) is 2.38. The molecule has 0 heterocycles. The van der Waals surface area contributed by atoms with Crippen molar-refractivity contribution in [2.24, 2.45) is 0 Å². The molecule has 0 aliphatic heterocycles. The highest BCUT2D eigenvalue weighted by Crippen LogP contribution is 2.33. The molecule has 0 radical (unpaired) electrons. The number of anilines is 1. The van der Waals surface area contributed by atoms with Gasteiger partial charge in [-0.1, -0.05) is 18.7 Å². The number of benzene rings is 2. The van der Waals surface area contributed by atoms with Crippen molar-refractivity contribution in [1.29, 1.82) is 0 Å². The molecule has 0 atom stereocenters. The lowest BCUT2D eigenvalue weighted by molar-refractivity contribution is -0.111. The summed E-state index contributed by atoms with van der Waals surface area (Å²) >= 11 is 0. The predicted molar refractivity (Wildman–Crippen MR) is 74.3 cm³/mol. The van der Waals surface area contributed by atoms with Crippen LogP contribution in [0.15, 0.2) is 47.9 Å². The van der Waals surface area contributed by atoms with E-state index in [1.807, 2.05) is 0 Å². The molecule has 0 saturated carbocycles. The molecule has 0 aliphatic carbocycles. The van der Waals surface area contributed by atoms with Gasteiger partial charge >= 0.3 is 0 Å². The summed E-state index contributed by atoms with van der Waals surface area (Å²) in [5.74, 6) is -0.793. The van der Waals surface area contributed by atoms with Gasteiger partial charge in [0.15, 0.2) is 0 Å². The van der Waals surface area contributed by atoms with E-state index in [1.165, 1.54) is 12.1 Å². The Hall–Kier alpha value is -2.38. The van der Waals surface area contributed by atoms with Gasteiger partial charge in [0.2, 0.25) is 5.91 Å². The van der Waals surface area contributed by atoms with Crippen LogP contribution in [0, 0.1) is 0 Å². The number of nitrogens with one attached hydrogen (secondary N) is 1. The SMILES string of the molecule is C=CC(=O)Nc1cccc2c(O)cc(S(=O)(=O)O)cc12. The number of amides is 1. The molecule has 104 valence electrons. The number of hydrogen-bond donors (Lipinski definition) is 3. The molecule has 0 aliphatic rings. The van der Waals surface area contributed by atoms with Crippen molar-refractivity contribution in [3.63, 3.8) is 0 Å². The molecule has 0 saturated heterocycles. The lowest BCUT2D eigenvalue weighted by Crippen LogP contribution is -2.08. The molecule has 0 bridgehead atoms. The number of hydrogen-bond acceptors (Lipinski definition) is 4. The van der Waals surface area contributed by atoms with Gasteiger partial charge in [-0.15, -0.1) is 0 Å². The molecule has 0 unspecified atom stereocenters. The van der Waals surface area contributed by atoms with Crippen LogP contribution in [0.1, 0.15) is 0 Å². The minimum atomic E-state index is -4.46. The van der Waals surface area contributed by atoms with Crippen molar-refractivity contribution < 1.29 is 22.9 Å². The minimum absolute atomic E-state index is 0.287. The third-order valence-electron chi connectivity index (χ3n) is 2.69. The summed E-state index contributed by atoms with van der Waals surface area (Å²) in [7, 11) is -4.46. The first-order valence-corrected chi connectivity index (χ1v) is 6.93. The first kappa shape index (κ1) is 14.0. The molecular formula is C13H11NO5S. The van der Waals surface area contributed by atoms with Crippen molar-refractivity contribution in [3.05, 3.63) is 43.0 Å². The Labute approximate surface area is 115 Å². The van der Waals surface area contributed by atoms with E-state index in [2.05, 4.69) is 11.9 Å². The van der Waals surface area contributed by atoms with E-state index in [9.17, 15) is 18.3 Å². The maximum atomic E-state index is 11.3. The minimum Gasteiger partial charge on any atom is -0.507 e. The summed E-state index contributed by atoms with van der Waals surface area (Å²) in [5.41, 5.74) is 0.299. The molecule has 20 heavy (non-hydrogen) atoms. The number of phenolic OH excluding ortho intramolecular Hbond substituents is 1. The highest BCUT2D eigenvalue weighted by atomic mass is 32.2. The van der Waals surface area contributed by atoms with E-state index in [4.69, 9.17) is 4.55 Å². The monoisotopic (exact) mass is 293 g/mol. The van der Waals surface area contributed by atoms with E-state index >= 15 is 0 Å². The van der Waals surface area contributed by atoms with E-state index in [-0.39, 0.29) is 11.1 Å². The Balaban J connectivity index is 2.75. The van der Waals surface area contributed by atoms with Crippen molar-refractivity contribution >= 4 is 32.5 Å². The zero-order valence-electron chi connectivity index (χ0n) is 10.2. The smallest absolute Gasteiger partial charge is 0.294 e. The Kier molecular flexibility index (Phi) is 3.47. The standard InChI is InChI=1S/C13H11NO5S/c1-2-13(16)14-11-5-3-4-9-10(11)6-8(7-12(9)15)20(17,18)19/h2-7,15H,1H2,(H,14,16)(H,17,18,19). The second-order valence-corrected chi connectivity index (χ2v) is 5.43. The molecule has 6 nitrogen and oxygen atoms in total. The van der Waals surface area contributed by atoms with Crippen LogP contribution in [0.5, 0.6) is 5.75 Å². The van der Waals surface area contributed by atoms with E-state index in [0.29, 0.717) is 11.1 Å². The Morgan fingerprint density at radius 3 is 2.55 bits per heavy atom. The third kappa shape index (κ3) is 2.63. The number of fused-ring (bicyclic) bond motifs is 1. The Morgan fingerprint density at radius 2 is 1.95 bits per heavy atom. The second-order valence-electron chi connectivity index (χ2n) is 4.01. The fourth-order valence-electron chi connectivity index (χ4n) is 1.78. The summed E-state index contributed by atoms with van der Waals surface area (Å²) in [4.78, 5) is 10.9. The van der Waals surface area contributed by atoms with Gasteiger partial charge in [0.05, 0.1) is 4.90 Å². The zero-order valence-corrected chi connectivity index (χ0v) is 11.0. The topological polar surface area (TPSA) is 104 Å². The van der Waals surface area contributed by atoms with Gasteiger partial charge in [-0.3, -0.25) is 9.35 Å². The van der Waals surface area contributed by atoms with Gasteiger partial charge in [0, 0.05) is 22.5 Å². The Morgan fingerprint density at radius 1 is 1.25 bits per heavy atom. The summed E-state index contributed by atoms with van der Waals surface area (Å²) in [5, 5.41) is 13.0. The van der Waals surface area contributed by atoms with Gasteiger partial charge in [-0.05, 0) is 18.2 Å². The lowest BCUT2D eigenvalue weighted by Gasteiger charge is -2.09. The second kappa shape index (κ2) is 4.95. The Bertz CT molecular complexity index is 811. The van der Waals surface area contributed by atoms with Crippen LogP contribution in [-0.2, 0) is 14.9 Å². The fourth-order valence-corrected chi connectivity index (χ4v) is 2.31. The number of phenols is 1. The number of carbonyl (C=O) groups is 1. The molecule has 7 heteroatoms. The maximum Gasteiger partial charge on any atom is 0.294 e. The average molecular weight is 293 g/mol. The molecule has 1 amide bonds.